The van der Waals surface area contributed by atoms with E-state index in [0.717, 1.165) is 24.5 Å². The third-order valence-corrected chi connectivity index (χ3v) is 5.53. The minimum Gasteiger partial charge on any atom is -0.368 e. The van der Waals surface area contributed by atoms with Gasteiger partial charge in [0.1, 0.15) is 5.15 Å². The van der Waals surface area contributed by atoms with Crippen LogP contribution in [0.25, 0.3) is 11.3 Å². The van der Waals surface area contributed by atoms with Gasteiger partial charge in [0.25, 0.3) is 0 Å². The van der Waals surface area contributed by atoms with Crippen molar-refractivity contribution in [3.8, 4) is 0 Å². The number of rotatable bonds is 3. The Labute approximate surface area is 177 Å². The topological polar surface area (TPSA) is 74.8 Å². The zero-order chi connectivity index (χ0) is 21.0. The van der Waals surface area contributed by atoms with E-state index in [1.165, 1.54) is 6.07 Å². The number of hydrogen-bond donors (Lipinski definition) is 2. The first-order valence-electron chi connectivity index (χ1n) is 9.85. The van der Waals surface area contributed by atoms with Crippen LogP contribution in [0.1, 0.15) is 19.5 Å². The summed E-state index contributed by atoms with van der Waals surface area (Å²) in [5, 5.41) is 15.6. The number of anilines is 3. The Bertz CT molecular complexity index is 1240. The van der Waals surface area contributed by atoms with Gasteiger partial charge in [-0.25, -0.2) is 9.37 Å². The molecule has 0 unspecified atom stereocenters. The Morgan fingerprint density at radius 2 is 1.90 bits per heavy atom. The van der Waals surface area contributed by atoms with Gasteiger partial charge in [0.2, 0.25) is 5.95 Å². The predicted octanol–water partition coefficient (Wildman–Crippen LogP) is 3.41. The number of pyridine rings is 2. The van der Waals surface area contributed by atoms with E-state index < -0.39 is 5.82 Å². The van der Waals surface area contributed by atoms with Crippen molar-refractivity contribution < 1.29 is 4.39 Å². The fourth-order valence-corrected chi connectivity index (χ4v) is 4.42. The van der Waals surface area contributed by atoms with Gasteiger partial charge in [-0.05, 0) is 26.8 Å². The molecule has 5 heterocycles. The lowest BCUT2D eigenvalue weighted by molar-refractivity contribution is 0.407. The van der Waals surface area contributed by atoms with Crippen molar-refractivity contribution in [3.05, 3.63) is 47.3 Å². The van der Waals surface area contributed by atoms with Crippen molar-refractivity contribution >= 4 is 40.2 Å². The van der Waals surface area contributed by atoms with Crippen LogP contribution >= 0.6 is 11.6 Å². The summed E-state index contributed by atoms with van der Waals surface area (Å²) in [5.74, 6) is -0.00330. The number of aryl methyl sites for hydroxylation is 1. The zero-order valence-corrected chi connectivity index (χ0v) is 17.7. The Morgan fingerprint density at radius 1 is 1.13 bits per heavy atom. The summed E-state index contributed by atoms with van der Waals surface area (Å²) in [5.41, 5.74) is 3.18. The Hall–Kier alpha value is -2.91. The smallest absolute Gasteiger partial charge is 0.234 e. The SMILES string of the molecule is Cc1cn2cc(Nc3nnc4cc(N5C[C@H](C)N[C@@H](C)C5)cc(Cl)n34)cc(F)c2n1. The number of nitrogens with one attached hydrogen (secondary N) is 2. The van der Waals surface area contributed by atoms with Crippen LogP contribution in [0, 0.1) is 12.7 Å². The second-order valence-electron chi connectivity index (χ2n) is 7.94. The van der Waals surface area contributed by atoms with Gasteiger partial charge in [-0.1, -0.05) is 11.6 Å². The second-order valence-corrected chi connectivity index (χ2v) is 8.33. The lowest BCUT2D eigenvalue weighted by Crippen LogP contribution is -2.54. The van der Waals surface area contributed by atoms with E-state index in [2.05, 4.69) is 44.6 Å². The number of imidazole rings is 1. The molecule has 1 aliphatic rings. The molecule has 5 rings (SSSR count). The molecule has 0 bridgehead atoms. The van der Waals surface area contributed by atoms with Crippen molar-refractivity contribution in [2.75, 3.05) is 23.3 Å². The normalized spacial score (nSPS) is 19.7. The highest BCUT2D eigenvalue weighted by Gasteiger charge is 2.23. The van der Waals surface area contributed by atoms with Gasteiger partial charge < -0.3 is 19.9 Å². The van der Waals surface area contributed by atoms with Crippen LogP contribution in [-0.4, -0.2) is 49.2 Å². The first-order chi connectivity index (χ1) is 14.4. The molecule has 4 aromatic heterocycles. The number of halogens is 2. The zero-order valence-electron chi connectivity index (χ0n) is 16.9. The highest BCUT2D eigenvalue weighted by molar-refractivity contribution is 6.30. The number of fused-ring (bicyclic) bond motifs is 2. The molecule has 0 aliphatic carbocycles. The molecule has 10 heteroatoms. The monoisotopic (exact) mass is 428 g/mol. The standard InChI is InChI=1S/C20H22ClFN8/c1-11-7-28(8-12(2)23-11)15-5-17(21)30-18(6-15)26-27-20(30)25-14-4-16(22)19-24-13(3)9-29(19)10-14/h4-6,9-12,23H,7-8H2,1-3H3,(H,25,27)/t11-,12-/m0/s1. The molecule has 1 aliphatic heterocycles. The van der Waals surface area contributed by atoms with Crippen LogP contribution < -0.4 is 15.5 Å². The summed E-state index contributed by atoms with van der Waals surface area (Å²) in [4.78, 5) is 6.47. The minimum atomic E-state index is -0.419. The summed E-state index contributed by atoms with van der Waals surface area (Å²) in [7, 11) is 0. The summed E-state index contributed by atoms with van der Waals surface area (Å²) in [6.45, 7) is 7.93. The fraction of sp³-hybridized carbons (Fsp3) is 0.350. The Balaban J connectivity index is 1.49. The maximum atomic E-state index is 14.4. The lowest BCUT2D eigenvalue weighted by Gasteiger charge is -2.37. The van der Waals surface area contributed by atoms with Crippen LogP contribution in [0.3, 0.4) is 0 Å². The molecular weight excluding hydrogens is 407 g/mol. The molecule has 4 aromatic rings. The lowest BCUT2D eigenvalue weighted by atomic mass is 10.1. The molecule has 1 fully saturated rings. The molecule has 2 N–H and O–H groups in total. The molecule has 0 amide bonds. The van der Waals surface area contributed by atoms with Crippen molar-refractivity contribution in [2.45, 2.75) is 32.9 Å². The van der Waals surface area contributed by atoms with Gasteiger partial charge >= 0.3 is 0 Å². The maximum Gasteiger partial charge on any atom is 0.234 e. The number of hydrogen-bond acceptors (Lipinski definition) is 6. The van der Waals surface area contributed by atoms with Gasteiger partial charge in [-0.15, -0.1) is 10.2 Å². The van der Waals surface area contributed by atoms with E-state index in [9.17, 15) is 4.39 Å². The minimum absolute atomic E-state index is 0.284. The molecule has 156 valence electrons. The molecule has 30 heavy (non-hydrogen) atoms. The van der Waals surface area contributed by atoms with Crippen molar-refractivity contribution in [3.63, 3.8) is 0 Å². The number of piperazine rings is 1. The average molecular weight is 429 g/mol. The fourth-order valence-electron chi connectivity index (χ4n) is 4.14. The Kier molecular flexibility index (Phi) is 4.52. The van der Waals surface area contributed by atoms with Gasteiger partial charge in [-0.3, -0.25) is 4.40 Å². The average Bonchev–Trinajstić information content (AvgIpc) is 3.24. The van der Waals surface area contributed by atoms with Crippen LogP contribution in [0.15, 0.2) is 30.6 Å². The summed E-state index contributed by atoms with van der Waals surface area (Å²) < 4.78 is 17.8. The summed E-state index contributed by atoms with van der Waals surface area (Å²) >= 11 is 6.61. The van der Waals surface area contributed by atoms with Gasteiger partial charge in [0.15, 0.2) is 17.1 Å². The third kappa shape index (κ3) is 3.33. The molecular formula is C20H22ClFN8. The number of nitrogens with zero attached hydrogens (tertiary/aromatic N) is 6. The van der Waals surface area contributed by atoms with Crippen LogP contribution in [-0.2, 0) is 0 Å². The summed E-state index contributed by atoms with van der Waals surface area (Å²) in [6.07, 6.45) is 3.52. The highest BCUT2D eigenvalue weighted by Crippen LogP contribution is 2.28. The van der Waals surface area contributed by atoms with E-state index in [1.54, 1.807) is 21.2 Å². The van der Waals surface area contributed by atoms with Crippen molar-refractivity contribution in [2.24, 2.45) is 0 Å². The molecule has 0 saturated carbocycles. The van der Waals surface area contributed by atoms with E-state index in [-0.39, 0.29) is 5.65 Å². The number of aromatic nitrogens is 5. The summed E-state index contributed by atoms with van der Waals surface area (Å²) in [6, 6.07) is 6.04. The molecule has 0 spiro atoms. The quantitative estimate of drug-likeness (QED) is 0.487. The van der Waals surface area contributed by atoms with E-state index in [0.29, 0.717) is 34.5 Å². The van der Waals surface area contributed by atoms with Crippen LogP contribution in [0.2, 0.25) is 5.15 Å². The molecule has 0 radical (unpaired) electrons. The molecule has 1 saturated heterocycles. The third-order valence-electron chi connectivity index (χ3n) is 5.25. The second kappa shape index (κ2) is 7.10. The van der Waals surface area contributed by atoms with Gasteiger partial charge in [0, 0.05) is 55.4 Å². The molecule has 0 aromatic carbocycles. The van der Waals surface area contributed by atoms with E-state index in [1.807, 2.05) is 19.1 Å². The van der Waals surface area contributed by atoms with E-state index in [4.69, 9.17) is 11.6 Å². The molecule has 8 nitrogen and oxygen atoms in total. The Morgan fingerprint density at radius 3 is 2.67 bits per heavy atom. The maximum absolute atomic E-state index is 14.4. The predicted molar refractivity (Wildman–Crippen MR) is 115 cm³/mol. The van der Waals surface area contributed by atoms with Gasteiger partial charge in [0.05, 0.1) is 11.4 Å². The van der Waals surface area contributed by atoms with Crippen LogP contribution in [0.4, 0.5) is 21.7 Å². The van der Waals surface area contributed by atoms with E-state index >= 15 is 0 Å². The highest BCUT2D eigenvalue weighted by atomic mass is 35.5. The largest absolute Gasteiger partial charge is 0.368 e. The van der Waals surface area contributed by atoms with Crippen molar-refractivity contribution in [1.82, 2.24) is 29.3 Å². The van der Waals surface area contributed by atoms with Gasteiger partial charge in [-0.2, -0.15) is 0 Å². The first-order valence-corrected chi connectivity index (χ1v) is 10.2. The molecule has 2 atom stereocenters. The van der Waals surface area contributed by atoms with Crippen LogP contribution in [0.5, 0.6) is 0 Å². The first kappa shape index (κ1) is 19.1. The van der Waals surface area contributed by atoms with Crippen molar-refractivity contribution in [1.29, 1.82) is 0 Å².